The van der Waals surface area contributed by atoms with Crippen LogP contribution in [0.2, 0.25) is 0 Å². The Kier molecular flexibility index (Phi) is 2.26. The summed E-state index contributed by atoms with van der Waals surface area (Å²) in [5.41, 5.74) is 1.34. The Balaban J connectivity index is 2.45. The second-order valence-electron chi connectivity index (χ2n) is 2.56. The van der Waals surface area contributed by atoms with Gasteiger partial charge < -0.3 is 0 Å². The van der Waals surface area contributed by atoms with Crippen molar-refractivity contribution in [2.24, 2.45) is 0 Å². The third kappa shape index (κ3) is 1.62. The third-order valence-electron chi connectivity index (χ3n) is 1.68. The minimum Gasteiger partial charge on any atom is -0.297 e. The predicted octanol–water partition coefficient (Wildman–Crippen LogP) is 1.05. The number of carbonyl (C=O) groups excluding carboxylic acids is 1. The summed E-state index contributed by atoms with van der Waals surface area (Å²) < 4.78 is 1.21. The molecule has 2 rings (SSSR count). The number of nitrogens with zero attached hydrogens (tertiary/aromatic N) is 4. The molecule has 8 heteroatoms. The van der Waals surface area contributed by atoms with Crippen molar-refractivity contribution in [1.82, 2.24) is 14.8 Å². The van der Waals surface area contributed by atoms with Gasteiger partial charge in [0, 0.05) is 0 Å². The molecule has 0 aliphatic carbocycles. The summed E-state index contributed by atoms with van der Waals surface area (Å²) in [6.07, 6.45) is 2.95. The van der Waals surface area contributed by atoms with Gasteiger partial charge in [0.05, 0.1) is 10.4 Å². The monoisotopic (exact) mass is 224 g/mol. The van der Waals surface area contributed by atoms with Gasteiger partial charge in [-0.25, -0.2) is 9.67 Å². The van der Waals surface area contributed by atoms with E-state index in [1.807, 2.05) is 0 Å². The molecule has 0 amide bonds. The van der Waals surface area contributed by atoms with Crippen LogP contribution in [0, 0.1) is 10.1 Å². The van der Waals surface area contributed by atoms with E-state index in [0.29, 0.717) is 17.0 Å². The van der Waals surface area contributed by atoms with Crippen molar-refractivity contribution in [2.75, 3.05) is 0 Å². The van der Waals surface area contributed by atoms with Crippen molar-refractivity contribution in [2.45, 2.75) is 0 Å². The lowest BCUT2D eigenvalue weighted by atomic mass is 10.5. The van der Waals surface area contributed by atoms with Crippen LogP contribution in [0.1, 0.15) is 9.67 Å². The molecular formula is C7H4N4O3S. The molecule has 2 aromatic heterocycles. The van der Waals surface area contributed by atoms with Crippen LogP contribution in [0.3, 0.4) is 0 Å². The highest BCUT2D eigenvalue weighted by Gasteiger charge is 2.13. The van der Waals surface area contributed by atoms with Crippen LogP contribution in [0.5, 0.6) is 0 Å². The molecule has 0 saturated carbocycles. The van der Waals surface area contributed by atoms with E-state index in [2.05, 4.69) is 10.1 Å². The fraction of sp³-hybridized carbons (Fsp3) is 0. The first-order valence-electron chi connectivity index (χ1n) is 3.80. The van der Waals surface area contributed by atoms with Crippen LogP contribution in [0.15, 0.2) is 17.9 Å². The number of aldehydes is 1. The lowest BCUT2D eigenvalue weighted by Crippen LogP contribution is -1.97. The summed E-state index contributed by atoms with van der Waals surface area (Å²) in [5, 5.41) is 14.2. The maximum absolute atomic E-state index is 10.6. The fourth-order valence-corrected chi connectivity index (χ4v) is 1.60. The van der Waals surface area contributed by atoms with E-state index in [4.69, 9.17) is 0 Å². The first kappa shape index (κ1) is 9.46. The van der Waals surface area contributed by atoms with E-state index in [1.54, 1.807) is 0 Å². The molecule has 0 atom stereocenters. The predicted molar refractivity (Wildman–Crippen MR) is 51.3 cm³/mol. The maximum Gasteiger partial charge on any atom is 0.307 e. The highest BCUT2D eigenvalue weighted by molar-refractivity contribution is 7.11. The quantitative estimate of drug-likeness (QED) is 0.441. The number of carbonyl (C=O) groups is 1. The zero-order valence-electron chi connectivity index (χ0n) is 7.23. The number of hydrogen-bond donors (Lipinski definition) is 0. The van der Waals surface area contributed by atoms with E-state index in [-0.39, 0.29) is 5.69 Å². The number of hydrogen-bond acceptors (Lipinski definition) is 6. The molecule has 15 heavy (non-hydrogen) atoms. The van der Waals surface area contributed by atoms with Gasteiger partial charge in [-0.15, -0.1) is 11.3 Å². The molecule has 0 fully saturated rings. The third-order valence-corrected chi connectivity index (χ3v) is 2.42. The minimum absolute atomic E-state index is 0.139. The van der Waals surface area contributed by atoms with Gasteiger partial charge in [-0.3, -0.25) is 14.9 Å². The SMILES string of the molecule is O=Cc1scnc1-n1cc([N+](=O)[O-])cn1. The van der Waals surface area contributed by atoms with Crippen LogP contribution in [0.4, 0.5) is 5.69 Å². The first-order valence-corrected chi connectivity index (χ1v) is 4.68. The summed E-state index contributed by atoms with van der Waals surface area (Å²) >= 11 is 1.15. The van der Waals surface area contributed by atoms with Crippen molar-refractivity contribution in [3.05, 3.63) is 32.9 Å². The zero-order valence-corrected chi connectivity index (χ0v) is 8.05. The average Bonchev–Trinajstić information content (AvgIpc) is 2.85. The van der Waals surface area contributed by atoms with Crippen molar-refractivity contribution in [3.63, 3.8) is 0 Å². The van der Waals surface area contributed by atoms with Gasteiger partial charge in [0.2, 0.25) is 0 Å². The molecule has 0 saturated heterocycles. The molecule has 0 aliphatic heterocycles. The van der Waals surface area contributed by atoms with E-state index >= 15 is 0 Å². The molecule has 0 unspecified atom stereocenters. The van der Waals surface area contributed by atoms with Crippen molar-refractivity contribution >= 4 is 23.3 Å². The Morgan fingerprint density at radius 3 is 3.00 bits per heavy atom. The Labute approximate surface area is 87.1 Å². The minimum atomic E-state index is -0.559. The van der Waals surface area contributed by atoms with Gasteiger partial charge >= 0.3 is 5.69 Å². The standard InChI is InChI=1S/C7H4N4O3S/c12-3-6-7(8-4-15-6)10-2-5(1-9-10)11(13)14/h1-4H. The first-order chi connectivity index (χ1) is 7.22. The topological polar surface area (TPSA) is 90.9 Å². The molecule has 0 N–H and O–H groups in total. The van der Waals surface area contributed by atoms with Crippen LogP contribution >= 0.6 is 11.3 Å². The van der Waals surface area contributed by atoms with Crippen molar-refractivity contribution < 1.29 is 9.72 Å². The molecule has 2 aromatic rings. The molecule has 76 valence electrons. The summed E-state index contributed by atoms with van der Waals surface area (Å²) in [6.45, 7) is 0. The van der Waals surface area contributed by atoms with E-state index < -0.39 is 4.92 Å². The van der Waals surface area contributed by atoms with Crippen LogP contribution in [0.25, 0.3) is 5.82 Å². The Bertz CT molecular complexity index is 518. The molecule has 0 bridgehead atoms. The van der Waals surface area contributed by atoms with Crippen LogP contribution < -0.4 is 0 Å². The van der Waals surface area contributed by atoms with Gasteiger partial charge in [-0.05, 0) is 0 Å². The average molecular weight is 224 g/mol. The fourth-order valence-electron chi connectivity index (χ4n) is 1.03. The lowest BCUT2D eigenvalue weighted by molar-refractivity contribution is -0.384. The maximum atomic E-state index is 10.6. The van der Waals surface area contributed by atoms with E-state index in [1.165, 1.54) is 16.4 Å². The number of nitro groups is 1. The molecule has 0 radical (unpaired) electrons. The molecule has 2 heterocycles. The summed E-state index contributed by atoms with van der Waals surface area (Å²) in [7, 11) is 0. The Morgan fingerprint density at radius 1 is 1.60 bits per heavy atom. The van der Waals surface area contributed by atoms with Gasteiger partial charge in [-0.1, -0.05) is 0 Å². The van der Waals surface area contributed by atoms with Gasteiger partial charge in [0.25, 0.3) is 0 Å². The molecular weight excluding hydrogens is 220 g/mol. The highest BCUT2D eigenvalue weighted by Crippen LogP contribution is 2.17. The van der Waals surface area contributed by atoms with Crippen LogP contribution in [-0.2, 0) is 0 Å². The van der Waals surface area contributed by atoms with E-state index in [9.17, 15) is 14.9 Å². The second-order valence-corrected chi connectivity index (χ2v) is 3.44. The van der Waals surface area contributed by atoms with Gasteiger partial charge in [-0.2, -0.15) is 5.10 Å². The number of thiazole rings is 1. The second kappa shape index (κ2) is 3.58. The summed E-state index contributed by atoms with van der Waals surface area (Å²) in [6, 6.07) is 0. The Morgan fingerprint density at radius 2 is 2.40 bits per heavy atom. The summed E-state index contributed by atoms with van der Waals surface area (Å²) in [5.74, 6) is 0.308. The molecule has 0 aliphatic rings. The highest BCUT2D eigenvalue weighted by atomic mass is 32.1. The Hall–Kier alpha value is -2.09. The molecule has 7 nitrogen and oxygen atoms in total. The molecule has 0 spiro atoms. The smallest absolute Gasteiger partial charge is 0.297 e. The lowest BCUT2D eigenvalue weighted by Gasteiger charge is -1.93. The van der Waals surface area contributed by atoms with Gasteiger partial charge in [0.1, 0.15) is 17.3 Å². The van der Waals surface area contributed by atoms with E-state index in [0.717, 1.165) is 17.5 Å². The normalized spacial score (nSPS) is 10.1. The van der Waals surface area contributed by atoms with Crippen molar-refractivity contribution in [1.29, 1.82) is 0 Å². The number of rotatable bonds is 3. The van der Waals surface area contributed by atoms with Gasteiger partial charge in [0.15, 0.2) is 12.1 Å². The van der Waals surface area contributed by atoms with Crippen LogP contribution in [-0.4, -0.2) is 26.0 Å². The summed E-state index contributed by atoms with van der Waals surface area (Å²) in [4.78, 5) is 24.7. The zero-order chi connectivity index (χ0) is 10.8. The molecule has 0 aromatic carbocycles. The number of aromatic nitrogens is 3. The largest absolute Gasteiger partial charge is 0.307 e. The van der Waals surface area contributed by atoms with Crippen molar-refractivity contribution in [3.8, 4) is 5.82 Å².